The van der Waals surface area contributed by atoms with Crippen LogP contribution in [0, 0.1) is 6.92 Å². The summed E-state index contributed by atoms with van der Waals surface area (Å²) in [6, 6.07) is 10.5. The quantitative estimate of drug-likeness (QED) is 0.446. The predicted octanol–water partition coefficient (Wildman–Crippen LogP) is 2.36. The number of rotatable bonds is 9. The fraction of sp³-hybridized carbons (Fsp3) is 0.450. The molecule has 0 spiro atoms. The molecule has 2 heterocycles. The van der Waals surface area contributed by atoms with Crippen molar-refractivity contribution in [2.45, 2.75) is 20.3 Å². The van der Waals surface area contributed by atoms with E-state index in [2.05, 4.69) is 39.7 Å². The first-order valence-electron chi connectivity index (χ1n) is 9.39. The Morgan fingerprint density at radius 2 is 2.07 bits per heavy atom. The first kappa shape index (κ1) is 21.6. The average molecular weight is 387 g/mol. The van der Waals surface area contributed by atoms with Crippen LogP contribution in [0.15, 0.2) is 34.7 Å². The van der Waals surface area contributed by atoms with Crippen molar-refractivity contribution in [3.8, 4) is 0 Å². The summed E-state index contributed by atoms with van der Waals surface area (Å²) in [5.74, 6) is 1.13. The van der Waals surface area contributed by atoms with Crippen molar-refractivity contribution in [1.82, 2.24) is 19.9 Å². The molecule has 8 nitrogen and oxygen atoms in total. The number of fused-ring (bicyclic) bond motifs is 1. The van der Waals surface area contributed by atoms with Gasteiger partial charge >= 0.3 is 5.84 Å². The maximum Gasteiger partial charge on any atom is 0.327 e. The predicted molar refractivity (Wildman–Crippen MR) is 109 cm³/mol. The highest BCUT2D eigenvalue weighted by Crippen LogP contribution is 2.15. The fourth-order valence-corrected chi connectivity index (χ4v) is 2.48. The number of aromatic nitrogens is 3. The number of ether oxygens (including phenoxy) is 1. The number of anilines is 1. The molecule has 0 radical (unpaired) electrons. The number of aldehydes is 1. The highest BCUT2D eigenvalue weighted by molar-refractivity contribution is 5.73. The van der Waals surface area contributed by atoms with Gasteiger partial charge in [-0.1, -0.05) is 30.3 Å². The SMILES string of the molecule is CCOCCN(C)c1nc2oc(C=O)c(C)n2n1.CNCCc1ccccc1. The maximum atomic E-state index is 10.7. The van der Waals surface area contributed by atoms with E-state index in [9.17, 15) is 4.79 Å². The number of nitrogens with zero attached hydrogens (tertiary/aromatic N) is 4. The summed E-state index contributed by atoms with van der Waals surface area (Å²) in [6.07, 6.45) is 1.78. The Hall–Kier alpha value is -2.71. The number of carbonyl (C=O) groups excluding carboxylic acids is 1. The Morgan fingerprint density at radius 3 is 2.68 bits per heavy atom. The molecule has 0 fully saturated rings. The van der Waals surface area contributed by atoms with E-state index in [1.54, 1.807) is 6.92 Å². The van der Waals surface area contributed by atoms with Crippen LogP contribution < -0.4 is 10.2 Å². The summed E-state index contributed by atoms with van der Waals surface area (Å²) in [4.78, 5) is 16.8. The van der Waals surface area contributed by atoms with Gasteiger partial charge in [0.15, 0.2) is 12.0 Å². The molecule has 8 heteroatoms. The molecule has 1 N–H and O–H groups in total. The van der Waals surface area contributed by atoms with Crippen LogP contribution in [-0.4, -0.2) is 61.3 Å². The second-order valence-corrected chi connectivity index (χ2v) is 6.23. The van der Waals surface area contributed by atoms with Gasteiger partial charge in [0.1, 0.15) is 0 Å². The van der Waals surface area contributed by atoms with E-state index in [-0.39, 0.29) is 5.76 Å². The summed E-state index contributed by atoms with van der Waals surface area (Å²) in [7, 11) is 3.85. The molecule has 0 amide bonds. The van der Waals surface area contributed by atoms with Crippen LogP contribution in [0.25, 0.3) is 5.84 Å². The van der Waals surface area contributed by atoms with Crippen molar-refractivity contribution in [3.05, 3.63) is 47.3 Å². The molecule has 0 saturated carbocycles. The third-order valence-corrected chi connectivity index (χ3v) is 4.17. The summed E-state index contributed by atoms with van der Waals surface area (Å²) in [5.41, 5.74) is 2.05. The molecule has 0 atom stereocenters. The average Bonchev–Trinajstić information content (AvgIpc) is 3.27. The molecule has 0 aliphatic carbocycles. The standard InChI is InChI=1S/C11H16N4O3.C9H13N/c1-4-17-6-5-14(3)10-12-11-15(13-10)8(2)9(7-16)18-11;1-10-8-7-9-5-3-2-4-6-9/h7H,4-6H2,1-3H3;2-6,10H,7-8H2,1H3. The Kier molecular flexibility index (Phi) is 8.64. The first-order chi connectivity index (χ1) is 13.6. The molecule has 152 valence electrons. The number of oxazole rings is 1. The van der Waals surface area contributed by atoms with Gasteiger partial charge in [-0.3, -0.25) is 4.79 Å². The number of benzene rings is 1. The number of carbonyl (C=O) groups is 1. The molecule has 0 aliphatic heterocycles. The second kappa shape index (κ2) is 11.2. The van der Waals surface area contributed by atoms with Gasteiger partial charge in [0.05, 0.1) is 12.3 Å². The zero-order valence-corrected chi connectivity index (χ0v) is 17.0. The topological polar surface area (TPSA) is 84.9 Å². The molecule has 3 aromatic rings. The lowest BCUT2D eigenvalue weighted by atomic mass is 10.2. The van der Waals surface area contributed by atoms with Gasteiger partial charge in [-0.05, 0) is 39.4 Å². The van der Waals surface area contributed by atoms with E-state index in [0.29, 0.717) is 43.5 Å². The number of hydrogen-bond donors (Lipinski definition) is 1. The van der Waals surface area contributed by atoms with Gasteiger partial charge in [0, 0.05) is 20.2 Å². The summed E-state index contributed by atoms with van der Waals surface area (Å²) >= 11 is 0. The van der Waals surface area contributed by atoms with Gasteiger partial charge < -0.3 is 19.4 Å². The van der Waals surface area contributed by atoms with Crippen molar-refractivity contribution in [1.29, 1.82) is 0 Å². The maximum absolute atomic E-state index is 10.7. The van der Waals surface area contributed by atoms with E-state index in [4.69, 9.17) is 9.15 Å². The van der Waals surface area contributed by atoms with Crippen LogP contribution in [0.4, 0.5) is 5.95 Å². The van der Waals surface area contributed by atoms with Gasteiger partial charge in [-0.15, -0.1) is 5.10 Å². The Labute approximate surface area is 165 Å². The van der Waals surface area contributed by atoms with Gasteiger partial charge in [0.25, 0.3) is 0 Å². The van der Waals surface area contributed by atoms with E-state index < -0.39 is 0 Å². The fourth-order valence-electron chi connectivity index (χ4n) is 2.48. The number of likely N-dealkylation sites (N-methyl/N-ethyl adjacent to an activating group) is 2. The van der Waals surface area contributed by atoms with E-state index >= 15 is 0 Å². The Balaban J connectivity index is 0.000000237. The van der Waals surface area contributed by atoms with Gasteiger partial charge in [0.2, 0.25) is 5.95 Å². The number of aryl methyl sites for hydroxylation is 1. The molecule has 1 aromatic carbocycles. The normalized spacial score (nSPS) is 10.6. The van der Waals surface area contributed by atoms with Crippen LogP contribution >= 0.6 is 0 Å². The molecule has 3 rings (SSSR count). The zero-order valence-electron chi connectivity index (χ0n) is 17.0. The minimum absolute atomic E-state index is 0.258. The van der Waals surface area contributed by atoms with Gasteiger partial charge in [-0.2, -0.15) is 9.50 Å². The zero-order chi connectivity index (χ0) is 20.4. The highest BCUT2D eigenvalue weighted by atomic mass is 16.5. The lowest BCUT2D eigenvalue weighted by Crippen LogP contribution is -2.23. The number of hydrogen-bond acceptors (Lipinski definition) is 7. The molecule has 0 aliphatic rings. The van der Waals surface area contributed by atoms with Crippen molar-refractivity contribution in [2.75, 3.05) is 45.3 Å². The van der Waals surface area contributed by atoms with Crippen molar-refractivity contribution >= 4 is 18.1 Å². The van der Waals surface area contributed by atoms with E-state index in [1.807, 2.05) is 32.0 Å². The largest absolute Gasteiger partial charge is 0.419 e. The highest BCUT2D eigenvalue weighted by Gasteiger charge is 2.16. The van der Waals surface area contributed by atoms with Crippen LogP contribution in [0.2, 0.25) is 0 Å². The smallest absolute Gasteiger partial charge is 0.327 e. The summed E-state index contributed by atoms with van der Waals surface area (Å²) in [5, 5.41) is 7.40. The van der Waals surface area contributed by atoms with Crippen LogP contribution in [0.3, 0.4) is 0 Å². The first-order valence-corrected chi connectivity index (χ1v) is 9.39. The molecule has 0 saturated heterocycles. The van der Waals surface area contributed by atoms with Crippen molar-refractivity contribution in [3.63, 3.8) is 0 Å². The summed E-state index contributed by atoms with van der Waals surface area (Å²) in [6.45, 7) is 6.77. The number of nitrogens with one attached hydrogen (secondary N) is 1. The Morgan fingerprint density at radius 1 is 1.32 bits per heavy atom. The molecule has 28 heavy (non-hydrogen) atoms. The molecular weight excluding hydrogens is 358 g/mol. The van der Waals surface area contributed by atoms with Gasteiger partial charge in [-0.25, -0.2) is 0 Å². The Bertz CT molecular complexity index is 844. The van der Waals surface area contributed by atoms with Crippen LogP contribution in [-0.2, 0) is 11.2 Å². The molecular formula is C20H29N5O3. The lowest BCUT2D eigenvalue weighted by molar-refractivity contribution is 0.110. The van der Waals surface area contributed by atoms with E-state index in [0.717, 1.165) is 13.0 Å². The minimum atomic E-state index is 0.258. The third kappa shape index (κ3) is 5.90. The molecule has 0 bridgehead atoms. The second-order valence-electron chi connectivity index (χ2n) is 6.23. The third-order valence-electron chi connectivity index (χ3n) is 4.17. The van der Waals surface area contributed by atoms with E-state index in [1.165, 1.54) is 10.1 Å². The molecule has 2 aromatic heterocycles. The van der Waals surface area contributed by atoms with Crippen molar-refractivity contribution < 1.29 is 13.9 Å². The van der Waals surface area contributed by atoms with Crippen molar-refractivity contribution in [2.24, 2.45) is 0 Å². The lowest BCUT2D eigenvalue weighted by Gasteiger charge is -2.13. The van der Waals surface area contributed by atoms with Crippen LogP contribution in [0.1, 0.15) is 28.7 Å². The minimum Gasteiger partial charge on any atom is -0.419 e. The summed E-state index contributed by atoms with van der Waals surface area (Å²) < 4.78 is 12.1. The molecule has 0 unspecified atom stereocenters. The monoisotopic (exact) mass is 387 g/mol. The van der Waals surface area contributed by atoms with Crippen LogP contribution in [0.5, 0.6) is 0 Å².